The van der Waals surface area contributed by atoms with Crippen LogP contribution in [-0.4, -0.2) is 5.11 Å². The van der Waals surface area contributed by atoms with Crippen molar-refractivity contribution in [3.63, 3.8) is 0 Å². The van der Waals surface area contributed by atoms with Gasteiger partial charge in [0.25, 0.3) is 0 Å². The number of halogens is 1. The van der Waals surface area contributed by atoms with Crippen molar-refractivity contribution in [2.24, 2.45) is 0 Å². The molecule has 0 aliphatic rings. The van der Waals surface area contributed by atoms with Crippen molar-refractivity contribution in [2.45, 2.75) is 6.61 Å². The van der Waals surface area contributed by atoms with Gasteiger partial charge in [-0.1, -0.05) is 6.07 Å². The van der Waals surface area contributed by atoms with Crippen LogP contribution in [-0.2, 0) is 6.61 Å². The Morgan fingerprint density at radius 3 is 2.92 bits per heavy atom. The number of fused-ring (bicyclic) bond motifs is 1. The van der Waals surface area contributed by atoms with Gasteiger partial charge in [0.15, 0.2) is 0 Å². The molecule has 3 heteroatoms. The first-order valence-electron chi connectivity index (χ1n) is 3.58. The molecule has 62 valence electrons. The summed E-state index contributed by atoms with van der Waals surface area (Å²) in [6, 6.07) is 4.38. The molecule has 0 radical (unpaired) electrons. The monoisotopic (exact) mass is 166 g/mol. The number of furan rings is 1. The van der Waals surface area contributed by atoms with E-state index >= 15 is 0 Å². The van der Waals surface area contributed by atoms with E-state index in [0.29, 0.717) is 16.5 Å². The third kappa shape index (κ3) is 0.905. The zero-order valence-electron chi connectivity index (χ0n) is 6.25. The SMILES string of the molecule is OCc1ccc(F)c2ccoc12. The zero-order valence-corrected chi connectivity index (χ0v) is 6.25. The van der Waals surface area contributed by atoms with E-state index in [4.69, 9.17) is 9.52 Å². The van der Waals surface area contributed by atoms with E-state index in [9.17, 15) is 4.39 Å². The molecule has 2 rings (SSSR count). The maximum Gasteiger partial charge on any atom is 0.142 e. The summed E-state index contributed by atoms with van der Waals surface area (Å²) in [6.07, 6.45) is 1.41. The fraction of sp³-hybridized carbons (Fsp3) is 0.111. The second-order valence-corrected chi connectivity index (χ2v) is 2.53. The molecule has 0 unspecified atom stereocenters. The molecular weight excluding hydrogens is 159 g/mol. The summed E-state index contributed by atoms with van der Waals surface area (Å²) in [5, 5.41) is 9.28. The molecule has 12 heavy (non-hydrogen) atoms. The average molecular weight is 166 g/mol. The molecule has 1 aromatic carbocycles. The summed E-state index contributed by atoms with van der Waals surface area (Å²) in [6.45, 7) is -0.135. The lowest BCUT2D eigenvalue weighted by Gasteiger charge is -1.97. The summed E-state index contributed by atoms with van der Waals surface area (Å²) in [5.41, 5.74) is 1.04. The Morgan fingerprint density at radius 1 is 1.33 bits per heavy atom. The molecule has 2 nitrogen and oxygen atoms in total. The van der Waals surface area contributed by atoms with Gasteiger partial charge in [0, 0.05) is 5.56 Å². The number of aliphatic hydroxyl groups is 1. The van der Waals surface area contributed by atoms with E-state index in [1.807, 2.05) is 0 Å². The van der Waals surface area contributed by atoms with Gasteiger partial charge in [0.05, 0.1) is 18.3 Å². The van der Waals surface area contributed by atoms with Crippen LogP contribution in [0.1, 0.15) is 5.56 Å². The minimum atomic E-state index is -0.323. The number of aliphatic hydroxyl groups excluding tert-OH is 1. The van der Waals surface area contributed by atoms with Gasteiger partial charge in [0.1, 0.15) is 11.4 Å². The van der Waals surface area contributed by atoms with Crippen molar-refractivity contribution in [1.82, 2.24) is 0 Å². The topological polar surface area (TPSA) is 33.4 Å². The third-order valence-electron chi connectivity index (χ3n) is 1.82. The van der Waals surface area contributed by atoms with Crippen LogP contribution < -0.4 is 0 Å². The maximum atomic E-state index is 13.0. The van der Waals surface area contributed by atoms with Gasteiger partial charge in [0.2, 0.25) is 0 Å². The number of hydrogen-bond acceptors (Lipinski definition) is 2. The fourth-order valence-corrected chi connectivity index (χ4v) is 1.21. The highest BCUT2D eigenvalue weighted by Gasteiger charge is 2.06. The van der Waals surface area contributed by atoms with Crippen molar-refractivity contribution < 1.29 is 13.9 Å². The Morgan fingerprint density at radius 2 is 2.17 bits per heavy atom. The lowest BCUT2D eigenvalue weighted by Crippen LogP contribution is -1.85. The Balaban J connectivity index is 2.82. The molecule has 0 saturated carbocycles. The first-order valence-corrected chi connectivity index (χ1v) is 3.58. The standard InChI is InChI=1S/C9H7FO2/c10-8-2-1-6(5-11)9-7(8)3-4-12-9/h1-4,11H,5H2. The number of rotatable bonds is 1. The van der Waals surface area contributed by atoms with Gasteiger partial charge in [-0.3, -0.25) is 0 Å². The minimum absolute atomic E-state index is 0.135. The quantitative estimate of drug-likeness (QED) is 0.703. The molecule has 0 atom stereocenters. The molecule has 1 aromatic heterocycles. The molecule has 0 aliphatic heterocycles. The highest BCUT2D eigenvalue weighted by Crippen LogP contribution is 2.22. The molecule has 1 N–H and O–H groups in total. The van der Waals surface area contributed by atoms with Crippen LogP contribution in [0.25, 0.3) is 11.0 Å². The Kier molecular flexibility index (Phi) is 1.59. The molecule has 2 aromatic rings. The Labute approximate surface area is 68.2 Å². The molecule has 0 bridgehead atoms. The average Bonchev–Trinajstić information content (AvgIpc) is 2.54. The molecule has 1 heterocycles. The van der Waals surface area contributed by atoms with Crippen LogP contribution in [0.5, 0.6) is 0 Å². The highest BCUT2D eigenvalue weighted by molar-refractivity contribution is 5.80. The van der Waals surface area contributed by atoms with Gasteiger partial charge in [-0.15, -0.1) is 0 Å². The summed E-state index contributed by atoms with van der Waals surface area (Å²) in [5.74, 6) is -0.323. The van der Waals surface area contributed by atoms with Crippen LogP contribution in [0.3, 0.4) is 0 Å². The van der Waals surface area contributed by atoms with E-state index in [1.165, 1.54) is 18.4 Å². The molecule has 0 spiro atoms. The smallest absolute Gasteiger partial charge is 0.142 e. The Hall–Kier alpha value is -1.35. The summed E-state index contributed by atoms with van der Waals surface area (Å²) >= 11 is 0. The van der Waals surface area contributed by atoms with Crippen molar-refractivity contribution in [1.29, 1.82) is 0 Å². The fourth-order valence-electron chi connectivity index (χ4n) is 1.21. The van der Waals surface area contributed by atoms with E-state index in [2.05, 4.69) is 0 Å². The number of hydrogen-bond donors (Lipinski definition) is 1. The van der Waals surface area contributed by atoms with E-state index < -0.39 is 0 Å². The van der Waals surface area contributed by atoms with Crippen LogP contribution in [0.15, 0.2) is 28.9 Å². The predicted octanol–water partition coefficient (Wildman–Crippen LogP) is 2.06. The van der Waals surface area contributed by atoms with Crippen molar-refractivity contribution >= 4 is 11.0 Å². The van der Waals surface area contributed by atoms with Crippen LogP contribution in [0.4, 0.5) is 4.39 Å². The molecule has 0 amide bonds. The van der Waals surface area contributed by atoms with Gasteiger partial charge in [-0.2, -0.15) is 0 Å². The second-order valence-electron chi connectivity index (χ2n) is 2.53. The van der Waals surface area contributed by atoms with Gasteiger partial charge >= 0.3 is 0 Å². The first kappa shape index (κ1) is 7.31. The van der Waals surface area contributed by atoms with Crippen LogP contribution in [0.2, 0.25) is 0 Å². The highest BCUT2D eigenvalue weighted by atomic mass is 19.1. The number of benzene rings is 1. The lowest BCUT2D eigenvalue weighted by molar-refractivity contribution is 0.281. The van der Waals surface area contributed by atoms with Crippen LogP contribution >= 0.6 is 0 Å². The van der Waals surface area contributed by atoms with Gasteiger partial charge in [-0.05, 0) is 12.1 Å². The second kappa shape index (κ2) is 2.60. The molecule has 0 fully saturated rings. The minimum Gasteiger partial charge on any atom is -0.464 e. The molecule has 0 saturated heterocycles. The maximum absolute atomic E-state index is 13.0. The van der Waals surface area contributed by atoms with Crippen molar-refractivity contribution in [3.8, 4) is 0 Å². The van der Waals surface area contributed by atoms with Gasteiger partial charge < -0.3 is 9.52 Å². The molecule has 0 aliphatic carbocycles. The van der Waals surface area contributed by atoms with E-state index in [0.717, 1.165) is 0 Å². The summed E-state index contributed by atoms with van der Waals surface area (Å²) in [4.78, 5) is 0. The largest absolute Gasteiger partial charge is 0.464 e. The first-order chi connectivity index (χ1) is 5.83. The van der Waals surface area contributed by atoms with Crippen molar-refractivity contribution in [3.05, 3.63) is 35.8 Å². The van der Waals surface area contributed by atoms with E-state index in [1.54, 1.807) is 6.07 Å². The normalized spacial score (nSPS) is 10.8. The van der Waals surface area contributed by atoms with Gasteiger partial charge in [-0.25, -0.2) is 4.39 Å². The predicted molar refractivity (Wildman–Crippen MR) is 42.1 cm³/mol. The van der Waals surface area contributed by atoms with E-state index in [-0.39, 0.29) is 12.4 Å². The van der Waals surface area contributed by atoms with Crippen LogP contribution in [0, 0.1) is 5.82 Å². The lowest BCUT2D eigenvalue weighted by atomic mass is 10.1. The zero-order chi connectivity index (χ0) is 8.55. The third-order valence-corrected chi connectivity index (χ3v) is 1.82. The summed E-state index contributed by atoms with van der Waals surface area (Å²) in [7, 11) is 0. The summed E-state index contributed by atoms with van der Waals surface area (Å²) < 4.78 is 18.0. The Bertz CT molecular complexity index is 406. The van der Waals surface area contributed by atoms with Crippen molar-refractivity contribution in [2.75, 3.05) is 0 Å². The molecular formula is C9H7FO2.